The van der Waals surface area contributed by atoms with Crippen molar-refractivity contribution in [1.82, 2.24) is 0 Å². The Morgan fingerprint density at radius 3 is 2.47 bits per heavy atom. The molecule has 0 bridgehead atoms. The monoisotopic (exact) mass is 234 g/mol. The van der Waals surface area contributed by atoms with Crippen LogP contribution in [0, 0.1) is 12.3 Å². The second kappa shape index (κ2) is 10.2. The van der Waals surface area contributed by atoms with E-state index in [-0.39, 0.29) is 0 Å². The van der Waals surface area contributed by atoms with Crippen LogP contribution in [0.15, 0.2) is 17.9 Å². The molecule has 0 aromatic carbocycles. The van der Waals surface area contributed by atoms with Gasteiger partial charge in [0.1, 0.15) is 0 Å². The van der Waals surface area contributed by atoms with Crippen molar-refractivity contribution in [3.05, 3.63) is 17.9 Å². The van der Waals surface area contributed by atoms with Gasteiger partial charge >= 0.3 is 0 Å². The van der Waals surface area contributed by atoms with Crippen LogP contribution in [0.2, 0.25) is 0 Å². The van der Waals surface area contributed by atoms with E-state index in [4.69, 9.17) is 6.42 Å². The molecule has 0 saturated heterocycles. The van der Waals surface area contributed by atoms with Crippen LogP contribution >= 0.6 is 0 Å². The summed E-state index contributed by atoms with van der Waals surface area (Å²) in [5.74, 6) is 2.45. The minimum absolute atomic E-state index is 0.338. The van der Waals surface area contributed by atoms with E-state index in [0.29, 0.717) is 6.42 Å². The molecule has 0 saturated carbocycles. The van der Waals surface area contributed by atoms with Gasteiger partial charge in [0.05, 0.1) is 5.60 Å². The predicted molar refractivity (Wildman–Crippen MR) is 74.7 cm³/mol. The van der Waals surface area contributed by atoms with Gasteiger partial charge in [0.25, 0.3) is 0 Å². The minimum atomic E-state index is -0.910. The van der Waals surface area contributed by atoms with Gasteiger partial charge in [-0.3, -0.25) is 0 Å². The summed E-state index contributed by atoms with van der Waals surface area (Å²) in [5, 5.41) is 9.73. The Bertz CT molecular complexity index is 274. The summed E-state index contributed by atoms with van der Waals surface area (Å²) < 4.78 is 0. The van der Waals surface area contributed by atoms with Crippen LogP contribution in [0.25, 0.3) is 0 Å². The molecule has 0 aliphatic carbocycles. The Morgan fingerprint density at radius 2 is 1.82 bits per heavy atom. The standard InChI is InChI=1S/C16H26O/c1-4-6-7-8-9-10-11-12-13-15-16(3,17)14-5-2/h2,12,15,17H,4,6-11,14H2,1,3H3. The normalized spacial score (nSPS) is 13.3. The molecule has 0 aliphatic rings. The molecule has 0 amide bonds. The van der Waals surface area contributed by atoms with E-state index in [9.17, 15) is 5.11 Å². The van der Waals surface area contributed by atoms with E-state index in [0.717, 1.165) is 6.42 Å². The van der Waals surface area contributed by atoms with Crippen molar-refractivity contribution in [2.45, 2.75) is 70.8 Å². The van der Waals surface area contributed by atoms with Gasteiger partial charge in [-0.2, -0.15) is 0 Å². The first-order chi connectivity index (χ1) is 8.12. The first-order valence-corrected chi connectivity index (χ1v) is 6.70. The van der Waals surface area contributed by atoms with Crippen LogP contribution in [0.1, 0.15) is 65.2 Å². The molecule has 0 fully saturated rings. The van der Waals surface area contributed by atoms with Crippen molar-refractivity contribution >= 4 is 0 Å². The van der Waals surface area contributed by atoms with Crippen molar-refractivity contribution < 1.29 is 5.11 Å². The molecule has 0 radical (unpaired) electrons. The molecule has 0 heterocycles. The van der Waals surface area contributed by atoms with Gasteiger partial charge in [-0.1, -0.05) is 39.0 Å². The topological polar surface area (TPSA) is 20.2 Å². The summed E-state index contributed by atoms with van der Waals surface area (Å²) in [6.07, 6.45) is 18.0. The molecule has 1 N–H and O–H groups in total. The van der Waals surface area contributed by atoms with Gasteiger partial charge in [0.2, 0.25) is 0 Å². The first-order valence-electron chi connectivity index (χ1n) is 6.70. The summed E-state index contributed by atoms with van der Waals surface area (Å²) in [4.78, 5) is 0. The number of unbranched alkanes of at least 4 members (excludes halogenated alkanes) is 6. The van der Waals surface area contributed by atoms with Gasteiger partial charge in [0.15, 0.2) is 0 Å². The first kappa shape index (κ1) is 16.0. The maximum absolute atomic E-state index is 9.73. The predicted octanol–water partition coefficient (Wildman–Crippen LogP) is 4.22. The van der Waals surface area contributed by atoms with Crippen LogP contribution in [0.5, 0.6) is 0 Å². The van der Waals surface area contributed by atoms with Gasteiger partial charge in [-0.15, -0.1) is 18.1 Å². The highest BCUT2D eigenvalue weighted by molar-refractivity contribution is 5.05. The van der Waals surface area contributed by atoms with Crippen molar-refractivity contribution in [3.8, 4) is 12.3 Å². The Hall–Kier alpha value is -0.960. The third kappa shape index (κ3) is 11.3. The second-order valence-corrected chi connectivity index (χ2v) is 4.81. The van der Waals surface area contributed by atoms with Crippen molar-refractivity contribution in [2.24, 2.45) is 0 Å². The third-order valence-corrected chi connectivity index (χ3v) is 2.67. The maximum Gasteiger partial charge on any atom is 0.0981 e. The van der Waals surface area contributed by atoms with E-state index >= 15 is 0 Å². The molecule has 1 atom stereocenters. The van der Waals surface area contributed by atoms with Crippen LogP contribution < -0.4 is 0 Å². The molecule has 0 spiro atoms. The van der Waals surface area contributed by atoms with Crippen LogP contribution in [0.4, 0.5) is 0 Å². The average Bonchev–Trinajstić information content (AvgIpc) is 2.27. The molecule has 1 heteroatoms. The molecule has 0 aromatic heterocycles. The fourth-order valence-corrected chi connectivity index (χ4v) is 1.61. The lowest BCUT2D eigenvalue weighted by Crippen LogP contribution is -2.18. The Labute approximate surface area is 107 Å². The number of hydrogen-bond donors (Lipinski definition) is 1. The summed E-state index contributed by atoms with van der Waals surface area (Å²) in [7, 11) is 0. The fourth-order valence-electron chi connectivity index (χ4n) is 1.61. The van der Waals surface area contributed by atoms with Crippen LogP contribution in [-0.2, 0) is 0 Å². The summed E-state index contributed by atoms with van der Waals surface area (Å²) in [6, 6.07) is 0. The Balaban J connectivity index is 3.60. The largest absolute Gasteiger partial charge is 0.384 e. The van der Waals surface area contributed by atoms with E-state index < -0.39 is 5.60 Å². The number of terminal acetylenes is 1. The molecule has 17 heavy (non-hydrogen) atoms. The Kier molecular flexibility index (Phi) is 9.63. The molecule has 0 rings (SSSR count). The molecule has 1 nitrogen and oxygen atoms in total. The van der Waals surface area contributed by atoms with E-state index in [1.54, 1.807) is 13.0 Å². The summed E-state index contributed by atoms with van der Waals surface area (Å²) >= 11 is 0. The third-order valence-electron chi connectivity index (χ3n) is 2.67. The van der Waals surface area contributed by atoms with Crippen molar-refractivity contribution in [3.63, 3.8) is 0 Å². The highest BCUT2D eigenvalue weighted by atomic mass is 16.3. The van der Waals surface area contributed by atoms with Gasteiger partial charge in [0, 0.05) is 6.42 Å². The lowest BCUT2D eigenvalue weighted by molar-refractivity contribution is 0.118. The molecule has 0 aliphatic heterocycles. The summed E-state index contributed by atoms with van der Waals surface area (Å²) in [5.41, 5.74) is 2.11. The molecule has 0 aromatic rings. The lowest BCUT2D eigenvalue weighted by atomic mass is 10.0. The number of hydrogen-bond acceptors (Lipinski definition) is 1. The van der Waals surface area contributed by atoms with Gasteiger partial charge in [-0.05, 0) is 31.9 Å². The zero-order valence-electron chi connectivity index (χ0n) is 11.3. The molecule has 1 unspecified atom stereocenters. The highest BCUT2D eigenvalue weighted by Crippen LogP contribution is 2.09. The van der Waals surface area contributed by atoms with E-state index in [1.807, 2.05) is 6.08 Å². The maximum atomic E-state index is 9.73. The van der Waals surface area contributed by atoms with Crippen molar-refractivity contribution in [1.29, 1.82) is 0 Å². The molecule has 96 valence electrons. The Morgan fingerprint density at radius 1 is 1.18 bits per heavy atom. The SMILES string of the molecule is C#CCC(C)(O)C=C=CCCCCCCCC. The number of rotatable bonds is 9. The van der Waals surface area contributed by atoms with Gasteiger partial charge in [-0.25, -0.2) is 0 Å². The van der Waals surface area contributed by atoms with Crippen molar-refractivity contribution in [2.75, 3.05) is 0 Å². The van der Waals surface area contributed by atoms with Gasteiger partial charge < -0.3 is 5.11 Å². The molecular formula is C16H26O. The average molecular weight is 234 g/mol. The highest BCUT2D eigenvalue weighted by Gasteiger charge is 2.13. The summed E-state index contributed by atoms with van der Waals surface area (Å²) in [6.45, 7) is 3.94. The quantitative estimate of drug-likeness (QED) is 0.360. The van der Waals surface area contributed by atoms with E-state index in [2.05, 4.69) is 18.6 Å². The molecular weight excluding hydrogens is 208 g/mol. The second-order valence-electron chi connectivity index (χ2n) is 4.81. The fraction of sp³-hybridized carbons (Fsp3) is 0.688. The smallest absolute Gasteiger partial charge is 0.0981 e. The lowest BCUT2D eigenvalue weighted by Gasteiger charge is -2.12. The zero-order chi connectivity index (χ0) is 13.0. The van der Waals surface area contributed by atoms with Crippen LogP contribution in [0.3, 0.4) is 0 Å². The number of aliphatic hydroxyl groups is 1. The zero-order valence-corrected chi connectivity index (χ0v) is 11.3. The van der Waals surface area contributed by atoms with Crippen LogP contribution in [-0.4, -0.2) is 10.7 Å². The minimum Gasteiger partial charge on any atom is -0.384 e. The van der Waals surface area contributed by atoms with E-state index in [1.165, 1.54) is 38.5 Å².